The maximum atomic E-state index is 11.8. The minimum absolute atomic E-state index is 0.292. The summed E-state index contributed by atoms with van der Waals surface area (Å²) >= 11 is 0. The number of carbonyl (C=O) groups excluding carboxylic acids is 1. The normalized spacial score (nSPS) is 14.8. The standard InChI is InChI=1S/C11H15N3O2/c1-11(2,3)16-10(15)8-4-13-9-5-12-7-14(9)6-8/h5-7,13H,4H2,1-3H3. The van der Waals surface area contributed by atoms with E-state index in [1.54, 1.807) is 23.3 Å². The molecule has 1 N–H and O–H groups in total. The van der Waals surface area contributed by atoms with E-state index < -0.39 is 5.60 Å². The number of ether oxygens (including phenoxy) is 1. The van der Waals surface area contributed by atoms with E-state index in [2.05, 4.69) is 10.3 Å². The van der Waals surface area contributed by atoms with E-state index in [0.717, 1.165) is 5.82 Å². The summed E-state index contributed by atoms with van der Waals surface area (Å²) in [5.41, 5.74) is 0.132. The molecule has 0 radical (unpaired) electrons. The number of rotatable bonds is 1. The van der Waals surface area contributed by atoms with E-state index >= 15 is 0 Å². The first-order chi connectivity index (χ1) is 7.46. The van der Waals surface area contributed by atoms with Crippen LogP contribution in [0.2, 0.25) is 0 Å². The number of nitrogens with one attached hydrogen (secondary N) is 1. The highest BCUT2D eigenvalue weighted by Crippen LogP contribution is 2.18. The highest BCUT2D eigenvalue weighted by Gasteiger charge is 2.22. The van der Waals surface area contributed by atoms with Crippen LogP contribution in [-0.2, 0) is 9.53 Å². The van der Waals surface area contributed by atoms with Crippen LogP contribution in [-0.4, -0.2) is 27.7 Å². The van der Waals surface area contributed by atoms with Crippen molar-refractivity contribution in [3.05, 3.63) is 18.1 Å². The van der Waals surface area contributed by atoms with Gasteiger partial charge in [0.15, 0.2) is 0 Å². The molecule has 16 heavy (non-hydrogen) atoms. The minimum atomic E-state index is -0.465. The number of hydrogen-bond donors (Lipinski definition) is 1. The van der Waals surface area contributed by atoms with Gasteiger partial charge in [0, 0.05) is 6.20 Å². The van der Waals surface area contributed by atoms with Crippen molar-refractivity contribution in [2.45, 2.75) is 26.4 Å². The predicted molar refractivity (Wildman–Crippen MR) is 60.8 cm³/mol. The Morgan fingerprint density at radius 1 is 1.56 bits per heavy atom. The number of aromatic nitrogens is 2. The molecular formula is C11H15N3O2. The third kappa shape index (κ3) is 2.24. The molecule has 0 saturated carbocycles. The van der Waals surface area contributed by atoms with Gasteiger partial charge in [-0.25, -0.2) is 9.78 Å². The van der Waals surface area contributed by atoms with Gasteiger partial charge in [-0.1, -0.05) is 0 Å². The van der Waals surface area contributed by atoms with Gasteiger partial charge in [0.1, 0.15) is 17.7 Å². The second-order valence-corrected chi connectivity index (χ2v) is 4.70. The summed E-state index contributed by atoms with van der Waals surface area (Å²) in [6, 6.07) is 0. The number of nitrogens with zero attached hydrogens (tertiary/aromatic N) is 2. The zero-order valence-corrected chi connectivity index (χ0v) is 9.65. The van der Waals surface area contributed by atoms with Crippen LogP contribution in [0, 0.1) is 0 Å². The van der Waals surface area contributed by atoms with E-state index in [9.17, 15) is 4.79 Å². The van der Waals surface area contributed by atoms with Crippen molar-refractivity contribution in [2.75, 3.05) is 11.9 Å². The molecule has 0 saturated heterocycles. The Morgan fingerprint density at radius 3 is 3.00 bits per heavy atom. The SMILES string of the molecule is CC(C)(C)OC(=O)C1=Cn2cncc2NC1. The molecule has 1 aromatic heterocycles. The molecule has 0 bridgehead atoms. The molecule has 2 rings (SSSR count). The Kier molecular flexibility index (Phi) is 2.46. The number of carbonyl (C=O) groups is 1. The molecular weight excluding hydrogens is 206 g/mol. The van der Waals surface area contributed by atoms with Crippen molar-refractivity contribution in [2.24, 2.45) is 0 Å². The second kappa shape index (κ2) is 3.66. The smallest absolute Gasteiger partial charge is 0.337 e. The number of fused-ring (bicyclic) bond motifs is 1. The van der Waals surface area contributed by atoms with Crippen molar-refractivity contribution in [1.29, 1.82) is 0 Å². The summed E-state index contributed by atoms with van der Waals surface area (Å²) in [5, 5.41) is 3.09. The summed E-state index contributed by atoms with van der Waals surface area (Å²) in [6.45, 7) is 6.03. The monoisotopic (exact) mass is 221 g/mol. The van der Waals surface area contributed by atoms with Crippen molar-refractivity contribution >= 4 is 18.0 Å². The third-order valence-electron chi connectivity index (χ3n) is 2.08. The molecule has 0 spiro atoms. The van der Waals surface area contributed by atoms with Gasteiger partial charge in [0.05, 0.1) is 18.3 Å². The van der Waals surface area contributed by atoms with Gasteiger partial charge in [-0.3, -0.25) is 4.57 Å². The predicted octanol–water partition coefficient (Wildman–Crippen LogP) is 1.49. The average Bonchev–Trinajstić information content (AvgIpc) is 2.61. The summed E-state index contributed by atoms with van der Waals surface area (Å²) in [5.74, 6) is 0.589. The van der Waals surface area contributed by atoms with E-state index in [1.165, 1.54) is 0 Å². The molecule has 0 atom stereocenters. The molecule has 2 heterocycles. The van der Waals surface area contributed by atoms with Crippen molar-refractivity contribution in [1.82, 2.24) is 9.55 Å². The van der Waals surface area contributed by atoms with Gasteiger partial charge in [-0.2, -0.15) is 0 Å². The van der Waals surface area contributed by atoms with Crippen LogP contribution in [0.5, 0.6) is 0 Å². The number of hydrogen-bond acceptors (Lipinski definition) is 4. The fraction of sp³-hybridized carbons (Fsp3) is 0.455. The van der Waals surface area contributed by atoms with Crippen molar-refractivity contribution in [3.8, 4) is 0 Å². The topological polar surface area (TPSA) is 56.2 Å². The second-order valence-electron chi connectivity index (χ2n) is 4.70. The van der Waals surface area contributed by atoms with Gasteiger partial charge in [0.25, 0.3) is 0 Å². The summed E-state index contributed by atoms with van der Waals surface area (Å²) in [7, 11) is 0. The molecule has 1 aliphatic heterocycles. The van der Waals surface area contributed by atoms with E-state index in [4.69, 9.17) is 4.74 Å². The van der Waals surface area contributed by atoms with Crippen LogP contribution in [0.3, 0.4) is 0 Å². The maximum absolute atomic E-state index is 11.8. The van der Waals surface area contributed by atoms with Crippen LogP contribution in [0.4, 0.5) is 5.82 Å². The lowest BCUT2D eigenvalue weighted by molar-refractivity contribution is -0.149. The minimum Gasteiger partial charge on any atom is -0.457 e. The number of imidazole rings is 1. The van der Waals surface area contributed by atoms with Crippen molar-refractivity contribution < 1.29 is 9.53 Å². The van der Waals surface area contributed by atoms with E-state index in [-0.39, 0.29) is 5.97 Å². The van der Waals surface area contributed by atoms with Crippen LogP contribution in [0.15, 0.2) is 18.1 Å². The molecule has 0 fully saturated rings. The summed E-state index contributed by atoms with van der Waals surface area (Å²) in [4.78, 5) is 15.8. The van der Waals surface area contributed by atoms with Gasteiger partial charge in [-0.15, -0.1) is 0 Å². The van der Waals surface area contributed by atoms with E-state index in [1.807, 2.05) is 20.8 Å². The lowest BCUT2D eigenvalue weighted by atomic mass is 10.2. The Hall–Kier alpha value is -1.78. The van der Waals surface area contributed by atoms with Crippen LogP contribution in [0.1, 0.15) is 20.8 Å². The molecule has 0 unspecified atom stereocenters. The van der Waals surface area contributed by atoms with Crippen LogP contribution in [0.25, 0.3) is 6.20 Å². The molecule has 0 aliphatic carbocycles. The van der Waals surface area contributed by atoms with Gasteiger partial charge >= 0.3 is 5.97 Å². The first-order valence-corrected chi connectivity index (χ1v) is 5.15. The quantitative estimate of drug-likeness (QED) is 0.730. The van der Waals surface area contributed by atoms with Crippen molar-refractivity contribution in [3.63, 3.8) is 0 Å². The molecule has 86 valence electrons. The zero-order chi connectivity index (χ0) is 11.8. The Morgan fingerprint density at radius 2 is 2.31 bits per heavy atom. The molecule has 5 heteroatoms. The van der Waals surface area contributed by atoms with Gasteiger partial charge in [-0.05, 0) is 20.8 Å². The lowest BCUT2D eigenvalue weighted by Crippen LogP contribution is -2.28. The fourth-order valence-electron chi connectivity index (χ4n) is 1.41. The first-order valence-electron chi connectivity index (χ1n) is 5.15. The summed E-state index contributed by atoms with van der Waals surface area (Å²) in [6.07, 6.45) is 5.10. The molecule has 1 aliphatic rings. The average molecular weight is 221 g/mol. The first kappa shape index (κ1) is 10.7. The Labute approximate surface area is 94.1 Å². The van der Waals surface area contributed by atoms with Gasteiger partial charge < -0.3 is 10.1 Å². The van der Waals surface area contributed by atoms with Crippen LogP contribution < -0.4 is 5.32 Å². The largest absolute Gasteiger partial charge is 0.457 e. The highest BCUT2D eigenvalue weighted by atomic mass is 16.6. The molecule has 0 aromatic carbocycles. The van der Waals surface area contributed by atoms with E-state index in [0.29, 0.717) is 12.1 Å². The third-order valence-corrected chi connectivity index (χ3v) is 2.08. The fourth-order valence-corrected chi connectivity index (χ4v) is 1.41. The molecule has 5 nitrogen and oxygen atoms in total. The van der Waals surface area contributed by atoms with Gasteiger partial charge in [0.2, 0.25) is 0 Å². The van der Waals surface area contributed by atoms with Crippen LogP contribution >= 0.6 is 0 Å². The Bertz CT molecular complexity index is 440. The highest BCUT2D eigenvalue weighted by molar-refractivity contribution is 5.94. The lowest BCUT2D eigenvalue weighted by Gasteiger charge is -2.22. The molecule has 1 aromatic rings. The Balaban J connectivity index is 2.16. The number of anilines is 1. The maximum Gasteiger partial charge on any atom is 0.337 e. The molecule has 0 amide bonds. The summed E-state index contributed by atoms with van der Waals surface area (Å²) < 4.78 is 7.05. The zero-order valence-electron chi connectivity index (χ0n) is 9.65. The number of esters is 1.